The molecule has 2 heterocycles. The van der Waals surface area contributed by atoms with Gasteiger partial charge in [0.25, 0.3) is 11.8 Å². The third-order valence-electron chi connectivity index (χ3n) is 4.64. The molecule has 0 aliphatic carbocycles. The van der Waals surface area contributed by atoms with Crippen LogP contribution in [0.15, 0.2) is 30.5 Å². The van der Waals surface area contributed by atoms with Gasteiger partial charge in [0, 0.05) is 11.1 Å². The summed E-state index contributed by atoms with van der Waals surface area (Å²) in [6.45, 7) is 3.45. The third-order valence-corrected chi connectivity index (χ3v) is 4.87. The average Bonchev–Trinajstić information content (AvgIpc) is 3.10. The van der Waals surface area contributed by atoms with Gasteiger partial charge in [-0.3, -0.25) is 14.4 Å². The Hall–Kier alpha value is -4.06. The van der Waals surface area contributed by atoms with Crippen LogP contribution in [0.1, 0.15) is 46.3 Å². The number of amides is 3. The molecule has 0 fully saturated rings. The summed E-state index contributed by atoms with van der Waals surface area (Å²) in [7, 11) is 0. The number of nitrogens with two attached hydrogens (primary N) is 2. The fourth-order valence-corrected chi connectivity index (χ4v) is 3.23. The van der Waals surface area contributed by atoms with Crippen molar-refractivity contribution < 1.29 is 23.2 Å². The number of hydrogen-bond acceptors (Lipinski definition) is 6. The van der Waals surface area contributed by atoms with E-state index in [9.17, 15) is 23.2 Å². The lowest BCUT2D eigenvalue weighted by molar-refractivity contribution is -0.115. The third kappa shape index (κ3) is 5.29. The van der Waals surface area contributed by atoms with Crippen LogP contribution in [0.3, 0.4) is 0 Å². The van der Waals surface area contributed by atoms with Gasteiger partial charge in [0.05, 0.1) is 24.0 Å². The lowest BCUT2D eigenvalue weighted by atomic mass is 10.1. The topological polar surface area (TPSA) is 158 Å². The van der Waals surface area contributed by atoms with Gasteiger partial charge in [-0.15, -0.1) is 0 Å². The summed E-state index contributed by atoms with van der Waals surface area (Å²) in [5.74, 6) is -4.39. The summed E-state index contributed by atoms with van der Waals surface area (Å²) in [5, 5.41) is 8.87. The van der Waals surface area contributed by atoms with Gasteiger partial charge in [0.15, 0.2) is 5.69 Å². The van der Waals surface area contributed by atoms with Crippen LogP contribution in [0.25, 0.3) is 0 Å². The van der Waals surface area contributed by atoms with E-state index >= 15 is 0 Å². The molecular formula is C21H20ClF2N7O3. The van der Waals surface area contributed by atoms with E-state index in [2.05, 4.69) is 20.7 Å². The number of carbonyl (C=O) groups excluding carboxylic acids is 3. The fraction of sp³-hybridized carbons (Fsp3) is 0.190. The van der Waals surface area contributed by atoms with Gasteiger partial charge in [0.2, 0.25) is 11.9 Å². The zero-order chi connectivity index (χ0) is 25.2. The first-order chi connectivity index (χ1) is 16.0. The summed E-state index contributed by atoms with van der Waals surface area (Å²) >= 11 is 5.70. The van der Waals surface area contributed by atoms with Crippen molar-refractivity contribution in [1.82, 2.24) is 14.8 Å². The first kappa shape index (κ1) is 24.6. The van der Waals surface area contributed by atoms with Gasteiger partial charge in [-0.2, -0.15) is 9.49 Å². The molecule has 6 N–H and O–H groups in total. The minimum atomic E-state index is -1.06. The van der Waals surface area contributed by atoms with Crippen LogP contribution in [0, 0.1) is 11.8 Å². The van der Waals surface area contributed by atoms with E-state index in [1.165, 1.54) is 16.8 Å². The van der Waals surface area contributed by atoms with Crippen molar-refractivity contribution in [3.05, 3.63) is 64.1 Å². The molecule has 0 saturated carbocycles. The molecule has 0 aliphatic rings. The smallest absolute Gasteiger partial charge is 0.277 e. The van der Waals surface area contributed by atoms with Crippen molar-refractivity contribution in [3.63, 3.8) is 0 Å². The van der Waals surface area contributed by atoms with Crippen LogP contribution in [0.2, 0.25) is 5.02 Å². The van der Waals surface area contributed by atoms with Crippen LogP contribution in [-0.4, -0.2) is 32.5 Å². The number of aromatic nitrogens is 3. The van der Waals surface area contributed by atoms with Crippen molar-refractivity contribution >= 4 is 46.5 Å². The van der Waals surface area contributed by atoms with Crippen molar-refractivity contribution in [2.45, 2.75) is 26.3 Å². The van der Waals surface area contributed by atoms with E-state index in [1.54, 1.807) is 13.8 Å². The van der Waals surface area contributed by atoms with Gasteiger partial charge in [-0.05, 0) is 37.6 Å². The summed E-state index contributed by atoms with van der Waals surface area (Å²) in [6.07, 6.45) is 0.692. The highest BCUT2D eigenvalue weighted by Gasteiger charge is 2.27. The first-order valence-corrected chi connectivity index (χ1v) is 10.2. The normalized spacial score (nSPS) is 10.9. The molecule has 0 atom stereocenters. The molecule has 0 unspecified atom stereocenters. The highest BCUT2D eigenvalue weighted by atomic mass is 35.5. The predicted octanol–water partition coefficient (Wildman–Crippen LogP) is 2.91. The number of pyridine rings is 1. The number of benzene rings is 1. The molecule has 0 spiro atoms. The minimum Gasteiger partial charge on any atom is -0.383 e. The quantitative estimate of drug-likeness (QED) is 0.372. The minimum absolute atomic E-state index is 0.0263. The molecule has 178 valence electrons. The Labute approximate surface area is 197 Å². The molecular weight excluding hydrogens is 472 g/mol. The van der Waals surface area contributed by atoms with Gasteiger partial charge in [-0.1, -0.05) is 17.7 Å². The monoisotopic (exact) mass is 491 g/mol. The number of halogens is 3. The Balaban J connectivity index is 1.80. The largest absolute Gasteiger partial charge is 0.383 e. The number of hydrogen-bond donors (Lipinski definition) is 4. The lowest BCUT2D eigenvalue weighted by Crippen LogP contribution is -2.21. The van der Waals surface area contributed by atoms with Gasteiger partial charge < -0.3 is 22.1 Å². The fourth-order valence-electron chi connectivity index (χ4n) is 3.07. The summed E-state index contributed by atoms with van der Waals surface area (Å²) in [4.78, 5) is 40.3. The molecule has 0 bridgehead atoms. The molecule has 0 saturated heterocycles. The summed E-state index contributed by atoms with van der Waals surface area (Å²) in [6, 6.07) is 4.69. The van der Waals surface area contributed by atoms with E-state index in [0.29, 0.717) is 0 Å². The summed E-state index contributed by atoms with van der Waals surface area (Å²) in [5.41, 5.74) is 10.2. The molecule has 3 amide bonds. The number of nitrogens with zero attached hydrogens (tertiary/aromatic N) is 3. The molecule has 0 radical (unpaired) electrons. The Morgan fingerprint density at radius 1 is 1.18 bits per heavy atom. The highest BCUT2D eigenvalue weighted by molar-refractivity contribution is 6.30. The molecule has 34 heavy (non-hydrogen) atoms. The second-order valence-electron chi connectivity index (χ2n) is 7.49. The average molecular weight is 492 g/mol. The van der Waals surface area contributed by atoms with E-state index < -0.39 is 40.9 Å². The van der Waals surface area contributed by atoms with Gasteiger partial charge in [-0.25, -0.2) is 14.1 Å². The summed E-state index contributed by atoms with van der Waals surface area (Å²) < 4.78 is 29.4. The number of anilines is 3. The van der Waals surface area contributed by atoms with Crippen LogP contribution >= 0.6 is 11.6 Å². The Morgan fingerprint density at radius 3 is 2.50 bits per heavy atom. The van der Waals surface area contributed by atoms with Crippen molar-refractivity contribution in [3.8, 4) is 0 Å². The van der Waals surface area contributed by atoms with E-state index in [0.717, 1.165) is 18.3 Å². The number of primary amides is 1. The van der Waals surface area contributed by atoms with Crippen LogP contribution < -0.4 is 22.1 Å². The molecule has 1 aromatic carbocycles. The highest BCUT2D eigenvalue weighted by Crippen LogP contribution is 2.23. The number of nitrogens with one attached hydrogen (secondary N) is 2. The van der Waals surface area contributed by atoms with Gasteiger partial charge in [0.1, 0.15) is 17.2 Å². The second kappa shape index (κ2) is 9.83. The van der Waals surface area contributed by atoms with Crippen molar-refractivity contribution in [1.29, 1.82) is 0 Å². The van der Waals surface area contributed by atoms with Crippen LogP contribution in [-0.2, 0) is 11.2 Å². The molecule has 3 rings (SSSR count). The Kier molecular flexibility index (Phi) is 7.11. The van der Waals surface area contributed by atoms with E-state index in [-0.39, 0.29) is 40.1 Å². The maximum Gasteiger partial charge on any atom is 0.277 e. The maximum atomic E-state index is 14.2. The molecule has 3 aromatic rings. The van der Waals surface area contributed by atoms with Crippen LogP contribution in [0.4, 0.5) is 26.0 Å². The lowest BCUT2D eigenvalue weighted by Gasteiger charge is -2.09. The van der Waals surface area contributed by atoms with E-state index in [4.69, 9.17) is 23.1 Å². The Bertz CT molecular complexity index is 1290. The van der Waals surface area contributed by atoms with E-state index in [1.807, 2.05) is 0 Å². The molecule has 10 nitrogen and oxygen atoms in total. The van der Waals surface area contributed by atoms with Crippen molar-refractivity contribution in [2.24, 2.45) is 5.73 Å². The number of rotatable bonds is 7. The van der Waals surface area contributed by atoms with Gasteiger partial charge >= 0.3 is 0 Å². The predicted molar refractivity (Wildman–Crippen MR) is 121 cm³/mol. The first-order valence-electron chi connectivity index (χ1n) is 9.86. The maximum absolute atomic E-state index is 14.2. The standard InChI is InChI=1S/C21H20ClF2N7O3/c1-9(2)31-19(25)16(20(26)33)17(30-31)21(34)29-14-7-12(8-27-18(14)24)28-15(32)5-10-3-4-11(22)6-13(10)23/h3-4,6-9H,5,25H2,1-2H3,(H2,26,33)(H,28,32)(H,29,34). The second-order valence-corrected chi connectivity index (χ2v) is 7.93. The number of carbonyl (C=O) groups is 3. The Morgan fingerprint density at radius 2 is 1.88 bits per heavy atom. The van der Waals surface area contributed by atoms with Crippen molar-refractivity contribution in [2.75, 3.05) is 16.4 Å². The molecule has 2 aromatic heterocycles. The zero-order valence-corrected chi connectivity index (χ0v) is 18.8. The zero-order valence-electron chi connectivity index (χ0n) is 18.0. The number of nitrogen functional groups attached to an aromatic ring is 1. The molecule has 13 heteroatoms. The van der Waals surface area contributed by atoms with Crippen LogP contribution in [0.5, 0.6) is 0 Å². The molecule has 0 aliphatic heterocycles. The SMILES string of the molecule is CC(C)n1nc(C(=O)Nc2cc(NC(=O)Cc3ccc(Cl)cc3F)cnc2F)c(C(N)=O)c1N.